The van der Waals surface area contributed by atoms with Gasteiger partial charge in [-0.3, -0.25) is 9.59 Å². The highest BCUT2D eigenvalue weighted by Gasteiger charge is 2.64. The predicted molar refractivity (Wildman–Crippen MR) is 107 cm³/mol. The molecule has 0 radical (unpaired) electrons. The third-order valence-electron chi connectivity index (χ3n) is 8.13. The molecular formula is C23H33FO5. The van der Waals surface area contributed by atoms with E-state index in [2.05, 4.69) is 0 Å². The molecule has 3 N–H and O–H groups in total. The van der Waals surface area contributed by atoms with Gasteiger partial charge in [0, 0.05) is 5.41 Å². The Bertz CT molecular complexity index is 746. The van der Waals surface area contributed by atoms with Crippen molar-refractivity contribution in [3.63, 3.8) is 0 Å². The lowest BCUT2D eigenvalue weighted by Gasteiger charge is -2.58. The highest BCUT2D eigenvalue weighted by Crippen LogP contribution is 2.62. The van der Waals surface area contributed by atoms with Crippen molar-refractivity contribution in [3.05, 3.63) is 23.8 Å². The summed E-state index contributed by atoms with van der Waals surface area (Å²) in [6, 6.07) is 0. The molecule has 29 heavy (non-hydrogen) atoms. The Morgan fingerprint density at radius 2 is 2.07 bits per heavy atom. The van der Waals surface area contributed by atoms with E-state index in [9.17, 15) is 24.9 Å². The van der Waals surface area contributed by atoms with E-state index in [1.165, 1.54) is 12.2 Å². The first-order valence-corrected chi connectivity index (χ1v) is 10.7. The number of halogens is 1. The molecule has 5 nitrogen and oxygen atoms in total. The molecule has 0 bridgehead atoms. The lowest BCUT2D eigenvalue weighted by molar-refractivity contribution is -0.167. The summed E-state index contributed by atoms with van der Waals surface area (Å²) >= 11 is 0. The van der Waals surface area contributed by atoms with Crippen molar-refractivity contribution in [1.29, 1.82) is 0 Å². The van der Waals surface area contributed by atoms with Crippen LogP contribution in [0.2, 0.25) is 0 Å². The average Bonchev–Trinajstić information content (AvgIpc) is 2.70. The number of hydrogen-bond acceptors (Lipinski definition) is 5. The number of fused-ring (bicyclic) bond motifs is 3. The molecule has 0 saturated heterocycles. The first-order valence-electron chi connectivity index (χ1n) is 10.7. The summed E-state index contributed by atoms with van der Waals surface area (Å²) in [6.45, 7) is 4.52. The molecule has 0 aromatic carbocycles. The van der Waals surface area contributed by atoms with E-state index in [4.69, 9.17) is 0 Å². The summed E-state index contributed by atoms with van der Waals surface area (Å²) in [5.74, 6) is -1.73. The maximum Gasteiger partial charge on any atom is 0.189 e. The standard InChI is InChI=1S/C23H33FO5/c1-4-22(29,20(28)13-25)14(2)11-15-5-8-19(27)23(24)18(15)7-6-16-12-17(26)9-10-21(16,23)3/h9-10,12,14-15,18-19,25,27,29H,4-8,11,13H2,1-3H3/t14-,15+,18?,19+,21?,22+,23+/m1/s1. The SMILES string of the molecule is CC[C@@](O)(C(=O)CO)[C@H](C)C[C@@H]1CC[C@H](O)[C@@]2(F)C1CCC1=CC(=O)C=CC12C. The zero-order valence-electron chi connectivity index (χ0n) is 17.5. The number of hydrogen-bond donors (Lipinski definition) is 3. The molecule has 2 unspecified atom stereocenters. The molecule has 0 aromatic rings. The fraction of sp³-hybridized carbons (Fsp3) is 0.739. The van der Waals surface area contributed by atoms with Gasteiger partial charge in [-0.05, 0) is 75.4 Å². The van der Waals surface area contributed by atoms with Gasteiger partial charge < -0.3 is 15.3 Å². The summed E-state index contributed by atoms with van der Waals surface area (Å²) in [4.78, 5) is 24.0. The fourth-order valence-corrected chi connectivity index (χ4v) is 6.18. The number of aliphatic hydroxyl groups excluding tert-OH is 2. The van der Waals surface area contributed by atoms with Crippen LogP contribution in [0, 0.1) is 23.2 Å². The number of alkyl halides is 1. The first-order chi connectivity index (χ1) is 13.5. The number of allylic oxidation sites excluding steroid dienone is 4. The van der Waals surface area contributed by atoms with Crippen LogP contribution in [0.3, 0.4) is 0 Å². The summed E-state index contributed by atoms with van der Waals surface area (Å²) in [5.41, 5.74) is -3.84. The number of carbonyl (C=O) groups is 2. The van der Waals surface area contributed by atoms with Gasteiger partial charge in [-0.2, -0.15) is 0 Å². The first kappa shape index (κ1) is 22.3. The largest absolute Gasteiger partial charge is 0.390 e. The molecule has 7 atom stereocenters. The number of ketones is 2. The Labute approximate surface area is 171 Å². The number of Topliss-reactive ketones (excluding diaryl/α,β-unsaturated/α-hetero) is 1. The van der Waals surface area contributed by atoms with Gasteiger partial charge in [-0.1, -0.05) is 25.5 Å². The Kier molecular flexibility index (Phi) is 5.93. The lowest BCUT2D eigenvalue weighted by atomic mass is 9.49. The number of aliphatic hydroxyl groups is 3. The maximum absolute atomic E-state index is 16.7. The van der Waals surface area contributed by atoms with E-state index in [-0.39, 0.29) is 18.1 Å². The van der Waals surface area contributed by atoms with Gasteiger partial charge in [-0.25, -0.2) is 4.39 Å². The monoisotopic (exact) mass is 408 g/mol. The normalized spacial score (nSPS) is 39.8. The molecule has 0 aliphatic heterocycles. The molecular weight excluding hydrogens is 375 g/mol. The van der Waals surface area contributed by atoms with Gasteiger partial charge in [-0.15, -0.1) is 0 Å². The average molecular weight is 409 g/mol. The molecule has 3 aliphatic rings. The maximum atomic E-state index is 16.7. The van der Waals surface area contributed by atoms with Crippen molar-refractivity contribution in [2.24, 2.45) is 23.2 Å². The third-order valence-corrected chi connectivity index (χ3v) is 8.13. The van der Waals surface area contributed by atoms with Gasteiger partial charge in [0.25, 0.3) is 0 Å². The Balaban J connectivity index is 1.91. The second kappa shape index (κ2) is 7.71. The quantitative estimate of drug-likeness (QED) is 0.628. The Morgan fingerprint density at radius 3 is 2.69 bits per heavy atom. The molecule has 2 fully saturated rings. The van der Waals surface area contributed by atoms with Crippen LogP contribution >= 0.6 is 0 Å². The molecule has 3 rings (SSSR count). The van der Waals surface area contributed by atoms with Crippen molar-refractivity contribution < 1.29 is 29.3 Å². The predicted octanol–water partition coefficient (Wildman–Crippen LogP) is 2.68. The summed E-state index contributed by atoms with van der Waals surface area (Å²) in [5, 5.41) is 30.9. The van der Waals surface area contributed by atoms with Crippen molar-refractivity contribution in [3.8, 4) is 0 Å². The summed E-state index contributed by atoms with van der Waals surface area (Å²) < 4.78 is 16.7. The zero-order valence-corrected chi connectivity index (χ0v) is 17.5. The molecule has 0 aromatic heterocycles. The minimum Gasteiger partial charge on any atom is -0.390 e. The van der Waals surface area contributed by atoms with Gasteiger partial charge in [0.15, 0.2) is 17.2 Å². The van der Waals surface area contributed by atoms with Crippen LogP contribution in [0.15, 0.2) is 23.8 Å². The zero-order chi connectivity index (χ0) is 21.6. The van der Waals surface area contributed by atoms with Crippen molar-refractivity contribution in [1.82, 2.24) is 0 Å². The van der Waals surface area contributed by atoms with E-state index in [1.807, 2.05) is 0 Å². The molecule has 162 valence electrons. The van der Waals surface area contributed by atoms with Crippen LogP contribution in [0.1, 0.15) is 59.3 Å². The third kappa shape index (κ3) is 3.24. The second-order valence-corrected chi connectivity index (χ2v) is 9.37. The van der Waals surface area contributed by atoms with Crippen LogP contribution in [0.4, 0.5) is 4.39 Å². The van der Waals surface area contributed by atoms with Gasteiger partial charge >= 0.3 is 0 Å². The van der Waals surface area contributed by atoms with Crippen molar-refractivity contribution in [2.75, 3.05) is 6.61 Å². The van der Waals surface area contributed by atoms with Crippen molar-refractivity contribution >= 4 is 11.6 Å². The molecule has 2 saturated carbocycles. The smallest absolute Gasteiger partial charge is 0.189 e. The number of carbonyl (C=O) groups excluding carboxylic acids is 2. The second-order valence-electron chi connectivity index (χ2n) is 9.37. The van der Waals surface area contributed by atoms with Crippen molar-refractivity contribution in [2.45, 2.75) is 76.7 Å². The van der Waals surface area contributed by atoms with Crippen LogP contribution < -0.4 is 0 Å². The van der Waals surface area contributed by atoms with Gasteiger partial charge in [0.05, 0.1) is 6.10 Å². The Morgan fingerprint density at radius 1 is 1.38 bits per heavy atom. The molecule has 3 aliphatic carbocycles. The van der Waals surface area contributed by atoms with Crippen LogP contribution in [-0.2, 0) is 9.59 Å². The Hall–Kier alpha value is -1.37. The molecule has 0 heterocycles. The van der Waals surface area contributed by atoms with E-state index in [0.717, 1.165) is 5.57 Å². The fourth-order valence-electron chi connectivity index (χ4n) is 6.18. The van der Waals surface area contributed by atoms with Gasteiger partial charge in [0.1, 0.15) is 12.2 Å². The summed E-state index contributed by atoms with van der Waals surface area (Å²) in [6.07, 6.45) is 6.04. The van der Waals surface area contributed by atoms with Crippen LogP contribution in [0.5, 0.6) is 0 Å². The molecule has 6 heteroatoms. The van der Waals surface area contributed by atoms with Gasteiger partial charge in [0.2, 0.25) is 0 Å². The molecule has 0 amide bonds. The van der Waals surface area contributed by atoms with E-state index >= 15 is 4.39 Å². The topological polar surface area (TPSA) is 94.8 Å². The van der Waals surface area contributed by atoms with E-state index in [0.29, 0.717) is 32.1 Å². The van der Waals surface area contributed by atoms with E-state index < -0.39 is 47.0 Å². The summed E-state index contributed by atoms with van der Waals surface area (Å²) in [7, 11) is 0. The molecule has 0 spiro atoms. The van der Waals surface area contributed by atoms with E-state index in [1.54, 1.807) is 26.8 Å². The van der Waals surface area contributed by atoms with Crippen LogP contribution in [0.25, 0.3) is 0 Å². The number of rotatable bonds is 6. The highest BCUT2D eigenvalue weighted by atomic mass is 19.1. The lowest BCUT2D eigenvalue weighted by Crippen LogP contribution is -2.63. The minimum atomic E-state index is -1.90. The van der Waals surface area contributed by atoms with Crippen LogP contribution in [-0.4, -0.2) is 50.9 Å². The minimum absolute atomic E-state index is 0.104. The highest BCUT2D eigenvalue weighted by molar-refractivity contribution is 6.01.